The third-order valence-corrected chi connectivity index (χ3v) is 2.71. The van der Waals surface area contributed by atoms with E-state index in [1.165, 1.54) is 0 Å². The topological polar surface area (TPSA) is 64.4 Å². The molecule has 0 fully saturated rings. The van der Waals surface area contributed by atoms with Gasteiger partial charge in [-0.1, -0.05) is 24.6 Å². The van der Waals surface area contributed by atoms with Crippen LogP contribution in [-0.2, 0) is 4.79 Å². The van der Waals surface area contributed by atoms with E-state index in [1.54, 1.807) is 24.3 Å². The number of nitrogens with one attached hydrogen (secondary N) is 1. The van der Waals surface area contributed by atoms with Gasteiger partial charge in [-0.2, -0.15) is 0 Å². The second kappa shape index (κ2) is 7.81. The fourth-order valence-corrected chi connectivity index (χ4v) is 1.66. The summed E-state index contributed by atoms with van der Waals surface area (Å²) in [6.45, 7) is 6.17. The first-order valence-corrected chi connectivity index (χ1v) is 6.56. The number of hydrogen-bond donors (Lipinski definition) is 2. The van der Waals surface area contributed by atoms with E-state index in [1.807, 2.05) is 6.92 Å². The van der Waals surface area contributed by atoms with Crippen molar-refractivity contribution in [2.24, 2.45) is 5.73 Å². The maximum Gasteiger partial charge on any atom is 0.241 e. The van der Waals surface area contributed by atoms with Crippen LogP contribution in [0.3, 0.4) is 0 Å². The molecule has 104 valence electrons. The largest absolute Gasteiger partial charge is 0.492 e. The number of hydrogen-bond acceptors (Lipinski definition) is 3. The van der Waals surface area contributed by atoms with Crippen LogP contribution >= 0.6 is 11.6 Å². The van der Waals surface area contributed by atoms with Gasteiger partial charge in [-0.05, 0) is 31.0 Å². The molecular weight excluding hydrogens is 264 g/mol. The molecule has 0 saturated heterocycles. The molecule has 4 nitrogen and oxygen atoms in total. The predicted molar refractivity (Wildman–Crippen MR) is 78.7 cm³/mol. The highest BCUT2D eigenvalue weighted by Crippen LogP contribution is 2.27. The molecule has 1 rings (SSSR count). The fourth-order valence-electron chi connectivity index (χ4n) is 1.43. The van der Waals surface area contributed by atoms with Crippen LogP contribution in [0.25, 0.3) is 0 Å². The van der Waals surface area contributed by atoms with Crippen LogP contribution in [0.4, 0.5) is 5.69 Å². The highest BCUT2D eigenvalue weighted by molar-refractivity contribution is 6.32. The van der Waals surface area contributed by atoms with E-state index in [0.717, 1.165) is 6.42 Å². The summed E-state index contributed by atoms with van der Waals surface area (Å²) in [6.07, 6.45) is 2.95. The first-order valence-electron chi connectivity index (χ1n) is 6.18. The standard InChI is InChI=1S/C14H19ClN2O2/c1-3-5-12(16)14(18)17-10-6-7-13(11(15)9-10)19-8-4-2/h3,6-7,9,12H,1,4-5,8,16H2,2H3,(H,17,18). The minimum absolute atomic E-state index is 0.266. The van der Waals surface area contributed by atoms with Crippen molar-refractivity contribution in [1.82, 2.24) is 0 Å². The Hall–Kier alpha value is -1.52. The van der Waals surface area contributed by atoms with E-state index < -0.39 is 6.04 Å². The Balaban J connectivity index is 2.67. The van der Waals surface area contributed by atoms with Gasteiger partial charge in [0.15, 0.2) is 0 Å². The fraction of sp³-hybridized carbons (Fsp3) is 0.357. The van der Waals surface area contributed by atoms with Crippen molar-refractivity contribution >= 4 is 23.2 Å². The molecule has 19 heavy (non-hydrogen) atoms. The minimum atomic E-state index is -0.604. The summed E-state index contributed by atoms with van der Waals surface area (Å²) in [5.41, 5.74) is 6.26. The van der Waals surface area contributed by atoms with Crippen molar-refractivity contribution in [3.05, 3.63) is 35.9 Å². The second-order valence-electron chi connectivity index (χ2n) is 4.11. The summed E-state index contributed by atoms with van der Waals surface area (Å²) in [4.78, 5) is 11.7. The van der Waals surface area contributed by atoms with Crippen molar-refractivity contribution < 1.29 is 9.53 Å². The average Bonchev–Trinajstić information content (AvgIpc) is 2.38. The number of halogens is 1. The molecule has 0 heterocycles. The van der Waals surface area contributed by atoms with Gasteiger partial charge in [-0.3, -0.25) is 4.79 Å². The number of carbonyl (C=O) groups is 1. The first kappa shape index (κ1) is 15.5. The third-order valence-electron chi connectivity index (χ3n) is 2.42. The number of nitrogens with two attached hydrogens (primary N) is 1. The molecule has 1 aromatic carbocycles. The van der Waals surface area contributed by atoms with Crippen molar-refractivity contribution in [3.63, 3.8) is 0 Å². The van der Waals surface area contributed by atoms with Crippen molar-refractivity contribution in [3.8, 4) is 5.75 Å². The quantitative estimate of drug-likeness (QED) is 0.756. The number of anilines is 1. The minimum Gasteiger partial charge on any atom is -0.492 e. The Bertz CT molecular complexity index is 449. The molecule has 1 atom stereocenters. The van der Waals surface area contributed by atoms with Crippen LogP contribution in [-0.4, -0.2) is 18.6 Å². The molecule has 3 N–H and O–H groups in total. The summed E-state index contributed by atoms with van der Waals surface area (Å²) < 4.78 is 5.45. The van der Waals surface area contributed by atoms with E-state index in [9.17, 15) is 4.79 Å². The Kier molecular flexibility index (Phi) is 6.39. The molecular formula is C14H19ClN2O2. The van der Waals surface area contributed by atoms with Gasteiger partial charge in [0, 0.05) is 5.69 Å². The van der Waals surface area contributed by atoms with E-state index >= 15 is 0 Å². The van der Waals surface area contributed by atoms with Crippen molar-refractivity contribution in [1.29, 1.82) is 0 Å². The summed E-state index contributed by atoms with van der Waals surface area (Å²) in [6, 6.07) is 4.50. The molecule has 0 radical (unpaired) electrons. The molecule has 0 aliphatic heterocycles. The molecule has 5 heteroatoms. The number of ether oxygens (including phenoxy) is 1. The van der Waals surface area contributed by atoms with Gasteiger partial charge in [0.2, 0.25) is 5.91 Å². The molecule has 1 amide bonds. The summed E-state index contributed by atoms with van der Waals surface area (Å²) in [5, 5.41) is 3.16. The maximum atomic E-state index is 11.7. The van der Waals surface area contributed by atoms with E-state index in [2.05, 4.69) is 11.9 Å². The Morgan fingerprint density at radius 2 is 2.37 bits per heavy atom. The lowest BCUT2D eigenvalue weighted by Crippen LogP contribution is -2.35. The molecule has 1 unspecified atom stereocenters. The van der Waals surface area contributed by atoms with Crippen LogP contribution in [0.5, 0.6) is 5.75 Å². The van der Waals surface area contributed by atoms with Crippen LogP contribution in [0.15, 0.2) is 30.9 Å². The van der Waals surface area contributed by atoms with E-state index in [0.29, 0.717) is 29.5 Å². The van der Waals surface area contributed by atoms with Crippen molar-refractivity contribution in [2.75, 3.05) is 11.9 Å². The first-order chi connectivity index (χ1) is 9.08. The number of carbonyl (C=O) groups excluding carboxylic acids is 1. The smallest absolute Gasteiger partial charge is 0.241 e. The summed E-state index contributed by atoms with van der Waals surface area (Å²) in [7, 11) is 0. The lowest BCUT2D eigenvalue weighted by molar-refractivity contribution is -0.117. The zero-order chi connectivity index (χ0) is 14.3. The van der Waals surface area contributed by atoms with Gasteiger partial charge in [-0.25, -0.2) is 0 Å². The summed E-state index contributed by atoms with van der Waals surface area (Å²) in [5.74, 6) is 0.343. The molecule has 0 aliphatic rings. The van der Waals surface area contributed by atoms with Gasteiger partial charge >= 0.3 is 0 Å². The van der Waals surface area contributed by atoms with Crippen LogP contribution < -0.4 is 15.8 Å². The molecule has 0 bridgehead atoms. The van der Waals surface area contributed by atoms with Crippen molar-refractivity contribution in [2.45, 2.75) is 25.8 Å². The Morgan fingerprint density at radius 3 is 2.95 bits per heavy atom. The zero-order valence-corrected chi connectivity index (χ0v) is 11.7. The number of rotatable bonds is 7. The predicted octanol–water partition coefficient (Wildman–Crippen LogP) is 2.97. The normalized spacial score (nSPS) is 11.7. The van der Waals surface area contributed by atoms with E-state index in [4.69, 9.17) is 22.1 Å². The monoisotopic (exact) mass is 282 g/mol. The average molecular weight is 283 g/mol. The van der Waals surface area contributed by atoms with Crippen LogP contribution in [0, 0.1) is 0 Å². The SMILES string of the molecule is C=CCC(N)C(=O)Nc1ccc(OCCC)c(Cl)c1. The Labute approximate surface area is 118 Å². The van der Waals surface area contributed by atoms with Gasteiger partial charge in [0.05, 0.1) is 17.7 Å². The van der Waals surface area contributed by atoms with Crippen LogP contribution in [0.1, 0.15) is 19.8 Å². The molecule has 0 spiro atoms. The Morgan fingerprint density at radius 1 is 1.63 bits per heavy atom. The van der Waals surface area contributed by atoms with Gasteiger partial charge in [0.1, 0.15) is 5.75 Å². The molecule has 0 aliphatic carbocycles. The zero-order valence-electron chi connectivity index (χ0n) is 11.0. The number of amides is 1. The van der Waals surface area contributed by atoms with Gasteiger partial charge < -0.3 is 15.8 Å². The number of benzene rings is 1. The maximum absolute atomic E-state index is 11.7. The molecule has 1 aromatic rings. The lowest BCUT2D eigenvalue weighted by atomic mass is 10.2. The highest BCUT2D eigenvalue weighted by atomic mass is 35.5. The van der Waals surface area contributed by atoms with E-state index in [-0.39, 0.29) is 5.91 Å². The van der Waals surface area contributed by atoms with Crippen LogP contribution in [0.2, 0.25) is 5.02 Å². The molecule has 0 saturated carbocycles. The molecule has 0 aromatic heterocycles. The highest BCUT2D eigenvalue weighted by Gasteiger charge is 2.12. The van der Waals surface area contributed by atoms with Gasteiger partial charge in [0.25, 0.3) is 0 Å². The summed E-state index contributed by atoms with van der Waals surface area (Å²) >= 11 is 6.07. The van der Waals surface area contributed by atoms with Gasteiger partial charge in [-0.15, -0.1) is 6.58 Å². The second-order valence-corrected chi connectivity index (χ2v) is 4.52. The lowest BCUT2D eigenvalue weighted by Gasteiger charge is -2.12. The third kappa shape index (κ3) is 4.93.